The number of amides is 2. The van der Waals surface area contributed by atoms with E-state index in [2.05, 4.69) is 10.6 Å². The van der Waals surface area contributed by atoms with Gasteiger partial charge in [-0.15, -0.1) is 0 Å². The predicted octanol–water partition coefficient (Wildman–Crippen LogP) is 3.67. The molecular weight excluding hydrogens is 366 g/mol. The lowest BCUT2D eigenvalue weighted by Crippen LogP contribution is -2.59. The molecule has 0 radical (unpaired) electrons. The molecular formula is C23H31N3O3. The smallest absolute Gasteiger partial charge is 0.253 e. The minimum atomic E-state index is -0.812. The van der Waals surface area contributed by atoms with E-state index in [9.17, 15) is 9.59 Å². The highest BCUT2D eigenvalue weighted by molar-refractivity contribution is 6.00. The van der Waals surface area contributed by atoms with Gasteiger partial charge in [0, 0.05) is 23.6 Å². The summed E-state index contributed by atoms with van der Waals surface area (Å²) in [6.07, 6.45) is 4.36. The molecule has 1 saturated carbocycles. The lowest BCUT2D eigenvalue weighted by atomic mass is 9.80. The minimum absolute atomic E-state index is 0.0722. The minimum Gasteiger partial charge on any atom is -0.497 e. The summed E-state index contributed by atoms with van der Waals surface area (Å²) >= 11 is 0. The fraction of sp³-hybridized carbons (Fsp3) is 0.478. The van der Waals surface area contributed by atoms with Gasteiger partial charge in [0.1, 0.15) is 11.3 Å². The van der Waals surface area contributed by atoms with Crippen molar-refractivity contribution >= 4 is 11.8 Å². The molecule has 6 nitrogen and oxygen atoms in total. The lowest BCUT2D eigenvalue weighted by Gasteiger charge is -2.36. The van der Waals surface area contributed by atoms with Crippen LogP contribution in [0.3, 0.4) is 0 Å². The third-order valence-electron chi connectivity index (χ3n) is 5.84. The number of aromatic nitrogens is 1. The molecule has 1 aromatic carbocycles. The summed E-state index contributed by atoms with van der Waals surface area (Å²) in [5.74, 6) is 0.526. The molecule has 0 unspecified atom stereocenters. The van der Waals surface area contributed by atoms with E-state index in [0.29, 0.717) is 24.9 Å². The van der Waals surface area contributed by atoms with Crippen LogP contribution in [-0.2, 0) is 4.79 Å². The second-order valence-electron chi connectivity index (χ2n) is 7.77. The third-order valence-corrected chi connectivity index (χ3v) is 5.84. The topological polar surface area (TPSA) is 72.4 Å². The van der Waals surface area contributed by atoms with E-state index in [1.54, 1.807) is 7.11 Å². The Kier molecular flexibility index (Phi) is 6.30. The maximum atomic E-state index is 13.2. The Bertz CT molecular complexity index is 878. The van der Waals surface area contributed by atoms with Crippen molar-refractivity contribution in [2.24, 2.45) is 0 Å². The van der Waals surface area contributed by atoms with Crippen LogP contribution >= 0.6 is 0 Å². The summed E-state index contributed by atoms with van der Waals surface area (Å²) in [5, 5.41) is 6.01. The molecule has 1 aliphatic rings. The zero-order chi connectivity index (χ0) is 21.0. The number of aryl methyl sites for hydroxylation is 1. The van der Waals surface area contributed by atoms with Crippen molar-refractivity contribution < 1.29 is 14.3 Å². The molecule has 1 aromatic heterocycles. The average Bonchev–Trinajstić information content (AvgIpc) is 3.03. The van der Waals surface area contributed by atoms with Crippen molar-refractivity contribution in [3.63, 3.8) is 0 Å². The number of benzene rings is 1. The van der Waals surface area contributed by atoms with E-state index in [1.165, 1.54) is 0 Å². The van der Waals surface area contributed by atoms with Crippen LogP contribution in [0.25, 0.3) is 5.69 Å². The first-order valence-corrected chi connectivity index (χ1v) is 10.4. The Hall–Kier alpha value is -2.76. The molecule has 1 fully saturated rings. The van der Waals surface area contributed by atoms with E-state index in [0.717, 1.165) is 42.1 Å². The zero-order valence-electron chi connectivity index (χ0n) is 17.8. The number of hydrogen-bond donors (Lipinski definition) is 2. The first kappa shape index (κ1) is 21.0. The standard InChI is InChI=1S/C23H31N3O3/c1-5-24-22(28)23(13-7-6-8-14-23)25-21(27)20-15-16(2)26(17(20)3)18-9-11-19(29-4)12-10-18/h9-12,15H,5-8,13-14H2,1-4H3,(H,24,28)(H,25,27). The van der Waals surface area contributed by atoms with E-state index < -0.39 is 5.54 Å². The van der Waals surface area contributed by atoms with Gasteiger partial charge in [-0.2, -0.15) is 0 Å². The molecule has 29 heavy (non-hydrogen) atoms. The Morgan fingerprint density at radius 3 is 2.34 bits per heavy atom. The average molecular weight is 398 g/mol. The SMILES string of the molecule is CCNC(=O)C1(NC(=O)c2cc(C)n(-c3ccc(OC)cc3)c2C)CCCCC1. The van der Waals surface area contributed by atoms with Gasteiger partial charge in [-0.25, -0.2) is 0 Å². The van der Waals surface area contributed by atoms with Crippen LogP contribution in [0, 0.1) is 13.8 Å². The largest absolute Gasteiger partial charge is 0.497 e. The molecule has 3 rings (SSSR count). The summed E-state index contributed by atoms with van der Waals surface area (Å²) in [6, 6.07) is 9.64. The van der Waals surface area contributed by atoms with Crippen molar-refractivity contribution in [2.75, 3.05) is 13.7 Å². The second kappa shape index (κ2) is 8.72. The van der Waals surface area contributed by atoms with Crippen molar-refractivity contribution in [1.29, 1.82) is 0 Å². The Labute approximate surface area is 172 Å². The van der Waals surface area contributed by atoms with Crippen molar-refractivity contribution in [1.82, 2.24) is 15.2 Å². The Morgan fingerprint density at radius 2 is 1.76 bits per heavy atom. The van der Waals surface area contributed by atoms with Crippen LogP contribution in [-0.4, -0.2) is 35.6 Å². The maximum absolute atomic E-state index is 13.2. The number of ether oxygens (including phenoxy) is 1. The van der Waals surface area contributed by atoms with Gasteiger partial charge in [0.2, 0.25) is 5.91 Å². The molecule has 0 aliphatic heterocycles. The van der Waals surface area contributed by atoms with Crippen LogP contribution in [0.4, 0.5) is 0 Å². The Morgan fingerprint density at radius 1 is 1.10 bits per heavy atom. The molecule has 1 aliphatic carbocycles. The van der Waals surface area contributed by atoms with Gasteiger partial charge in [0.05, 0.1) is 12.7 Å². The summed E-state index contributed by atoms with van der Waals surface area (Å²) in [6.45, 7) is 6.38. The molecule has 0 saturated heterocycles. The van der Waals surface area contributed by atoms with Crippen LogP contribution in [0.5, 0.6) is 5.75 Å². The van der Waals surface area contributed by atoms with Crippen LogP contribution < -0.4 is 15.4 Å². The predicted molar refractivity (Wildman–Crippen MR) is 114 cm³/mol. The van der Waals surface area contributed by atoms with Crippen LogP contribution in [0.2, 0.25) is 0 Å². The summed E-state index contributed by atoms with van der Waals surface area (Å²) < 4.78 is 7.29. The number of methoxy groups -OCH3 is 1. The first-order valence-electron chi connectivity index (χ1n) is 10.4. The lowest BCUT2D eigenvalue weighted by molar-refractivity contribution is -0.128. The van der Waals surface area contributed by atoms with Crippen LogP contribution in [0.15, 0.2) is 30.3 Å². The monoisotopic (exact) mass is 397 g/mol. The number of hydrogen-bond acceptors (Lipinski definition) is 3. The molecule has 0 bridgehead atoms. The normalized spacial score (nSPS) is 15.6. The molecule has 6 heteroatoms. The van der Waals surface area contributed by atoms with Gasteiger partial charge < -0.3 is 19.9 Å². The number of carbonyl (C=O) groups is 2. The molecule has 2 aromatic rings. The number of likely N-dealkylation sites (N-methyl/N-ethyl adjacent to an activating group) is 1. The van der Waals surface area contributed by atoms with Crippen molar-refractivity contribution in [3.8, 4) is 11.4 Å². The van der Waals surface area contributed by atoms with Gasteiger partial charge in [0.25, 0.3) is 5.91 Å². The molecule has 2 N–H and O–H groups in total. The number of rotatable bonds is 6. The zero-order valence-corrected chi connectivity index (χ0v) is 17.8. The van der Waals surface area contributed by atoms with Gasteiger partial charge >= 0.3 is 0 Å². The molecule has 1 heterocycles. The van der Waals surface area contributed by atoms with Gasteiger partial charge in [0.15, 0.2) is 0 Å². The highest BCUT2D eigenvalue weighted by Gasteiger charge is 2.41. The van der Waals surface area contributed by atoms with Gasteiger partial charge in [-0.05, 0) is 63.9 Å². The van der Waals surface area contributed by atoms with E-state index in [1.807, 2.05) is 55.7 Å². The number of nitrogens with one attached hydrogen (secondary N) is 2. The third kappa shape index (κ3) is 4.16. The highest BCUT2D eigenvalue weighted by Crippen LogP contribution is 2.30. The number of carbonyl (C=O) groups excluding carboxylic acids is 2. The number of nitrogens with zero attached hydrogens (tertiary/aromatic N) is 1. The summed E-state index contributed by atoms with van der Waals surface area (Å²) in [7, 11) is 1.64. The van der Waals surface area contributed by atoms with Crippen molar-refractivity contribution in [2.45, 2.75) is 58.4 Å². The molecule has 0 atom stereocenters. The highest BCUT2D eigenvalue weighted by atomic mass is 16.5. The fourth-order valence-electron chi connectivity index (χ4n) is 4.30. The van der Waals surface area contributed by atoms with E-state index in [4.69, 9.17) is 4.74 Å². The van der Waals surface area contributed by atoms with E-state index in [-0.39, 0.29) is 11.8 Å². The van der Waals surface area contributed by atoms with E-state index >= 15 is 0 Å². The van der Waals surface area contributed by atoms with Gasteiger partial charge in [-0.3, -0.25) is 9.59 Å². The van der Waals surface area contributed by atoms with Gasteiger partial charge in [-0.1, -0.05) is 19.3 Å². The first-order chi connectivity index (χ1) is 13.9. The molecule has 156 valence electrons. The Balaban J connectivity index is 1.89. The summed E-state index contributed by atoms with van der Waals surface area (Å²) in [5.41, 5.74) is 2.58. The van der Waals surface area contributed by atoms with Crippen molar-refractivity contribution in [3.05, 3.63) is 47.3 Å². The summed E-state index contributed by atoms with van der Waals surface area (Å²) in [4.78, 5) is 26.0. The van der Waals surface area contributed by atoms with Crippen LogP contribution in [0.1, 0.15) is 60.8 Å². The molecule has 0 spiro atoms. The quantitative estimate of drug-likeness (QED) is 0.781. The fourth-order valence-corrected chi connectivity index (χ4v) is 4.30. The second-order valence-corrected chi connectivity index (χ2v) is 7.77. The maximum Gasteiger partial charge on any atom is 0.253 e. The molecule has 2 amide bonds.